The number of aromatic nitrogens is 8. The van der Waals surface area contributed by atoms with Crippen molar-refractivity contribution in [3.63, 3.8) is 0 Å². The molecule has 0 radical (unpaired) electrons. The van der Waals surface area contributed by atoms with E-state index in [2.05, 4.69) is 34.9 Å². The van der Waals surface area contributed by atoms with Gasteiger partial charge >= 0.3 is 0 Å². The Morgan fingerprint density at radius 1 is 0.411 bits per heavy atom. The molecule has 8 bridgehead atoms. The van der Waals surface area contributed by atoms with Crippen molar-refractivity contribution >= 4 is 121 Å². The Morgan fingerprint density at radius 2 is 0.786 bits per heavy atom. The molecule has 2 aliphatic heterocycles. The molecule has 2 aliphatic rings. The predicted octanol–water partition coefficient (Wildman–Crippen LogP) is 7.22. The number of hydrogen-bond donors (Lipinski definition) is 5. The van der Waals surface area contributed by atoms with Gasteiger partial charge in [-0.15, -0.1) is 0 Å². The molecule has 0 unspecified atom stereocenters. The topological polar surface area (TPSA) is 272 Å². The highest BCUT2D eigenvalue weighted by molar-refractivity contribution is 7.86. The monoisotopic (exact) mass is 890 g/mol. The third kappa shape index (κ3) is 5.80. The van der Waals surface area contributed by atoms with Crippen LogP contribution in [0.5, 0.6) is 0 Å². The fourth-order valence-corrected chi connectivity index (χ4v) is 8.88. The molecule has 56 heavy (non-hydrogen) atoms. The molecule has 17 nitrogen and oxygen atoms in total. The summed E-state index contributed by atoms with van der Waals surface area (Å²) in [6.45, 7) is 0. The quantitative estimate of drug-likeness (QED) is 0.0665. The zero-order valence-corrected chi connectivity index (χ0v) is 32.4. The normalized spacial score (nSPS) is 13.0. The van der Waals surface area contributed by atoms with Crippen molar-refractivity contribution in [3.8, 4) is 45.6 Å². The van der Waals surface area contributed by atoms with Crippen LogP contribution in [0.25, 0.3) is 89.7 Å². The summed E-state index contributed by atoms with van der Waals surface area (Å²) in [6.07, 6.45) is 0. The van der Waals surface area contributed by atoms with Crippen LogP contribution in [-0.2, 0) is 30.4 Å². The zero-order chi connectivity index (χ0) is 39.8. The van der Waals surface area contributed by atoms with Gasteiger partial charge in [-0.1, -0.05) is 46.4 Å². The van der Waals surface area contributed by atoms with E-state index in [4.69, 9.17) is 51.4 Å². The van der Waals surface area contributed by atoms with Gasteiger partial charge in [0.05, 0.1) is 45.5 Å². The first kappa shape index (κ1) is 36.7. The van der Waals surface area contributed by atoms with Crippen molar-refractivity contribution in [2.75, 3.05) is 0 Å². The van der Waals surface area contributed by atoms with Gasteiger partial charge < -0.3 is 9.97 Å². The van der Waals surface area contributed by atoms with Crippen LogP contribution >= 0.6 is 46.4 Å². The smallest absolute Gasteiger partial charge is 0.294 e. The van der Waals surface area contributed by atoms with Gasteiger partial charge in [0, 0.05) is 33.0 Å². The van der Waals surface area contributed by atoms with E-state index in [0.29, 0.717) is 0 Å². The summed E-state index contributed by atoms with van der Waals surface area (Å²) < 4.78 is 103. The maximum Gasteiger partial charge on any atom is 0.294 e. The minimum absolute atomic E-state index is 0.00109. The van der Waals surface area contributed by atoms with E-state index in [1.165, 1.54) is 18.2 Å². The van der Waals surface area contributed by atoms with Crippen LogP contribution in [-0.4, -0.2) is 78.8 Å². The van der Waals surface area contributed by atoms with Crippen molar-refractivity contribution in [3.05, 3.63) is 74.7 Å². The van der Waals surface area contributed by atoms with E-state index in [1.807, 2.05) is 0 Å². The van der Waals surface area contributed by atoms with Crippen LogP contribution < -0.4 is 0 Å². The maximum atomic E-state index is 12.2. The highest BCUT2D eigenvalue weighted by Crippen LogP contribution is 2.46. The first-order chi connectivity index (χ1) is 26.3. The standard InChI is InChI=1S/C32H14Cl4N8O9S3/c33-21-19-20(22(34)24(36)23(21)35)32-43-30-18-9-12(56(51,52)53)2-5-14(18)26(40-30)39-28-16-7-10(54(45,46)47)1-4-13(16)25(37-28)38-29-17-8-11(55(48,49)50)3-6-15(17)27(41-29)42-31(19)44-32/h1-9H,(H,45,46,47)(H,48,49,50)(H,51,52,53)(H2,37,38,39,40,41,42,43,44). The summed E-state index contributed by atoms with van der Waals surface area (Å²) >= 11 is 26.5. The number of H-pyrrole nitrogens is 2. The highest BCUT2D eigenvalue weighted by Gasteiger charge is 2.28. The number of hydrogen-bond acceptors (Lipinski definition) is 12. The van der Waals surface area contributed by atoms with Gasteiger partial charge in [-0.3, -0.25) is 13.7 Å². The number of nitrogens with one attached hydrogen (secondary N) is 2. The van der Waals surface area contributed by atoms with Gasteiger partial charge in [-0.05, 0) is 54.6 Å². The molecule has 0 spiro atoms. The van der Waals surface area contributed by atoms with Crippen LogP contribution in [0.15, 0.2) is 69.3 Å². The fourth-order valence-electron chi connectivity index (χ4n) is 6.32. The molecule has 0 amide bonds. The molecular weight excluding hydrogens is 878 g/mol. The van der Waals surface area contributed by atoms with Gasteiger partial charge in [-0.2, -0.15) is 25.3 Å². The lowest BCUT2D eigenvalue weighted by molar-refractivity contribution is 0.481. The van der Waals surface area contributed by atoms with Crippen molar-refractivity contribution in [2.45, 2.75) is 14.7 Å². The first-order valence-corrected chi connectivity index (χ1v) is 21.1. The summed E-state index contributed by atoms with van der Waals surface area (Å²) in [6, 6.07) is 10.7. The minimum Gasteiger partial charge on any atom is -0.324 e. The molecule has 4 aromatic carbocycles. The molecule has 0 fully saturated rings. The third-order valence-electron chi connectivity index (χ3n) is 8.85. The van der Waals surface area contributed by atoms with Crippen LogP contribution in [0.1, 0.15) is 0 Å². The van der Waals surface area contributed by atoms with E-state index < -0.39 is 45.0 Å². The third-order valence-corrected chi connectivity index (χ3v) is 13.2. The molecule has 24 heteroatoms. The number of halogens is 4. The van der Waals surface area contributed by atoms with Crippen LogP contribution in [0.2, 0.25) is 20.1 Å². The first-order valence-electron chi connectivity index (χ1n) is 15.3. The van der Waals surface area contributed by atoms with Crippen molar-refractivity contribution in [2.24, 2.45) is 0 Å². The predicted molar refractivity (Wildman–Crippen MR) is 206 cm³/mol. The Hall–Kier alpha value is -4.87. The summed E-state index contributed by atoms with van der Waals surface area (Å²) in [5, 5.41) is 0.201. The Balaban J connectivity index is 1.53. The van der Waals surface area contributed by atoms with E-state index in [1.54, 1.807) is 0 Å². The Bertz CT molecular complexity index is 3530. The molecule has 9 rings (SSSR count). The van der Waals surface area contributed by atoms with Gasteiger partial charge in [0.1, 0.15) is 22.6 Å². The van der Waals surface area contributed by atoms with E-state index in [0.717, 1.165) is 36.4 Å². The highest BCUT2D eigenvalue weighted by atomic mass is 35.5. The second-order valence-corrected chi connectivity index (χ2v) is 17.9. The van der Waals surface area contributed by atoms with E-state index in [9.17, 15) is 38.9 Å². The summed E-state index contributed by atoms with van der Waals surface area (Å²) in [7, 11) is -14.2. The molecule has 5 N–H and O–H groups in total. The lowest BCUT2D eigenvalue weighted by Crippen LogP contribution is -1.98. The maximum absolute atomic E-state index is 12.2. The number of benzene rings is 4. The van der Waals surface area contributed by atoms with Crippen LogP contribution in [0.3, 0.4) is 0 Å². The Kier molecular flexibility index (Phi) is 8.08. The average molecular weight is 893 g/mol. The van der Waals surface area contributed by atoms with E-state index >= 15 is 0 Å². The molecule has 282 valence electrons. The second kappa shape index (κ2) is 12.3. The lowest BCUT2D eigenvalue weighted by atomic mass is 10.1. The van der Waals surface area contributed by atoms with Crippen LogP contribution in [0, 0.1) is 0 Å². The average Bonchev–Trinajstić information content (AvgIpc) is 3.86. The minimum atomic E-state index is -4.73. The van der Waals surface area contributed by atoms with Gasteiger partial charge in [0.25, 0.3) is 30.4 Å². The SMILES string of the molecule is O=S(=O)(O)c1ccc2c(c1)-c1nc3nc(nc4[nH]c(nc5[nH]c(nc-2n1)c1cc(S(=O)(=O)O)ccc51)c1c(Cl)c(Cl)c(Cl)c(Cl)c41)-c1cc(S(=O)(=O)O)ccc1-3. The van der Waals surface area contributed by atoms with Gasteiger partial charge in [0.15, 0.2) is 23.3 Å². The van der Waals surface area contributed by atoms with Crippen molar-refractivity contribution in [1.82, 2.24) is 39.9 Å². The van der Waals surface area contributed by atoms with Crippen molar-refractivity contribution < 1.29 is 38.9 Å². The molecule has 0 atom stereocenters. The number of aromatic amines is 2. The van der Waals surface area contributed by atoms with Gasteiger partial charge in [0.2, 0.25) is 0 Å². The Morgan fingerprint density at radius 3 is 1.30 bits per heavy atom. The molecule has 7 aromatic rings. The summed E-state index contributed by atoms with van der Waals surface area (Å²) in [5.41, 5.74) is 0.543. The molecule has 0 aliphatic carbocycles. The second-order valence-electron chi connectivity index (χ2n) is 12.2. The van der Waals surface area contributed by atoms with E-state index in [-0.39, 0.29) is 110 Å². The Labute approximate surface area is 332 Å². The summed E-state index contributed by atoms with van der Waals surface area (Å²) in [5.74, 6) is -0.497. The molecule has 0 saturated heterocycles. The van der Waals surface area contributed by atoms with Crippen LogP contribution in [0.4, 0.5) is 0 Å². The zero-order valence-electron chi connectivity index (χ0n) is 26.9. The van der Waals surface area contributed by atoms with Crippen molar-refractivity contribution in [1.29, 1.82) is 0 Å². The largest absolute Gasteiger partial charge is 0.324 e. The number of nitrogens with zero attached hydrogens (tertiary/aromatic N) is 6. The molecule has 0 saturated carbocycles. The fraction of sp³-hybridized carbons (Fsp3) is 0. The number of rotatable bonds is 3. The molecule has 5 heterocycles. The number of fused-ring (bicyclic) bond motifs is 20. The summed E-state index contributed by atoms with van der Waals surface area (Å²) in [4.78, 5) is 32.3. The molecule has 3 aromatic heterocycles. The van der Waals surface area contributed by atoms with Gasteiger partial charge in [-0.25, -0.2) is 29.9 Å². The lowest BCUT2D eigenvalue weighted by Gasteiger charge is -2.04. The molecular formula is C32H14Cl4N8O9S3.